The van der Waals surface area contributed by atoms with Gasteiger partial charge in [0.05, 0.1) is 17.3 Å². The second-order valence-corrected chi connectivity index (χ2v) is 8.72. The molecule has 172 valence electrons. The fraction of sp³-hybridized carbons (Fsp3) is 0.500. The molecule has 2 aliphatic rings. The standard InChI is InChI=1S/C22H30N6O4/c23-14-9-18(20(30)25-10-13-5-1-4-8-19(13)29)28(11-14)22(32)26-16-12-27(21(24)31)17-7-3-2-6-15(16)17/h2-3,6-7,12-14,18-19,29H,1,4-5,8-11,23H2,(H2,24,31)(H,25,30)(H,26,32)/t13?,14-,18-,19-/m0/s1. The monoisotopic (exact) mass is 442 g/mol. The molecule has 7 N–H and O–H groups in total. The van der Waals surface area contributed by atoms with Gasteiger partial charge in [0.25, 0.3) is 0 Å². The van der Waals surface area contributed by atoms with Crippen LogP contribution in [0.5, 0.6) is 0 Å². The van der Waals surface area contributed by atoms with E-state index in [4.69, 9.17) is 11.5 Å². The van der Waals surface area contributed by atoms with Gasteiger partial charge in [0.1, 0.15) is 6.04 Å². The number of primary amides is 1. The molecule has 2 aromatic rings. The maximum Gasteiger partial charge on any atom is 0.323 e. The molecule has 10 nitrogen and oxygen atoms in total. The van der Waals surface area contributed by atoms with Gasteiger partial charge in [-0.3, -0.25) is 9.36 Å². The van der Waals surface area contributed by atoms with Crippen LogP contribution in [0.2, 0.25) is 0 Å². The highest BCUT2D eigenvalue weighted by atomic mass is 16.3. The average molecular weight is 443 g/mol. The molecule has 1 aliphatic carbocycles. The number of aliphatic hydroxyl groups is 1. The lowest BCUT2D eigenvalue weighted by Gasteiger charge is -2.29. The number of fused-ring (bicyclic) bond motifs is 1. The molecule has 1 aliphatic heterocycles. The minimum absolute atomic E-state index is 0.0324. The van der Waals surface area contributed by atoms with Gasteiger partial charge in [0, 0.05) is 36.6 Å². The number of amides is 4. The first-order chi connectivity index (χ1) is 15.3. The summed E-state index contributed by atoms with van der Waals surface area (Å²) in [5.41, 5.74) is 12.5. The molecule has 10 heteroatoms. The molecule has 1 saturated heterocycles. The molecule has 4 atom stereocenters. The molecule has 1 unspecified atom stereocenters. The molecule has 2 heterocycles. The number of para-hydroxylation sites is 1. The van der Waals surface area contributed by atoms with E-state index in [0.29, 0.717) is 29.6 Å². The number of rotatable bonds is 4. The Kier molecular flexibility index (Phi) is 6.33. The van der Waals surface area contributed by atoms with E-state index in [1.54, 1.807) is 24.3 Å². The Labute approximate surface area is 185 Å². The van der Waals surface area contributed by atoms with Crippen molar-refractivity contribution in [1.82, 2.24) is 14.8 Å². The van der Waals surface area contributed by atoms with Crippen LogP contribution in [-0.4, -0.2) is 63.8 Å². The summed E-state index contributed by atoms with van der Waals surface area (Å²) in [6, 6.07) is 4.94. The number of hydrogen-bond donors (Lipinski definition) is 5. The summed E-state index contributed by atoms with van der Waals surface area (Å²) in [6.45, 7) is 0.623. The Balaban J connectivity index is 1.46. The molecule has 1 saturated carbocycles. The number of benzene rings is 1. The van der Waals surface area contributed by atoms with Crippen molar-refractivity contribution in [1.29, 1.82) is 0 Å². The van der Waals surface area contributed by atoms with Gasteiger partial charge in [-0.1, -0.05) is 31.0 Å². The smallest absolute Gasteiger partial charge is 0.323 e. The minimum atomic E-state index is -0.699. The number of hydrogen-bond acceptors (Lipinski definition) is 5. The first-order valence-electron chi connectivity index (χ1n) is 11.0. The van der Waals surface area contributed by atoms with Crippen LogP contribution in [0.4, 0.5) is 15.3 Å². The highest BCUT2D eigenvalue weighted by Gasteiger charge is 2.39. The van der Waals surface area contributed by atoms with Crippen LogP contribution in [0.1, 0.15) is 32.1 Å². The molecule has 0 radical (unpaired) electrons. The average Bonchev–Trinajstić information content (AvgIpc) is 3.34. The number of aliphatic hydroxyl groups excluding tert-OH is 1. The lowest BCUT2D eigenvalue weighted by molar-refractivity contribution is -0.125. The Morgan fingerprint density at radius 3 is 2.66 bits per heavy atom. The van der Waals surface area contributed by atoms with Crippen LogP contribution in [0.15, 0.2) is 30.5 Å². The first-order valence-corrected chi connectivity index (χ1v) is 11.0. The summed E-state index contributed by atoms with van der Waals surface area (Å²) in [6.07, 6.45) is 5.09. The number of nitrogens with zero attached hydrogens (tertiary/aromatic N) is 2. The second kappa shape index (κ2) is 9.17. The van der Waals surface area contributed by atoms with E-state index in [9.17, 15) is 19.5 Å². The van der Waals surface area contributed by atoms with Crippen LogP contribution in [0.25, 0.3) is 10.9 Å². The maximum absolute atomic E-state index is 13.1. The number of carbonyl (C=O) groups excluding carboxylic acids is 3. The fourth-order valence-corrected chi connectivity index (χ4v) is 4.77. The summed E-state index contributed by atoms with van der Waals surface area (Å²) in [5, 5.41) is 16.5. The maximum atomic E-state index is 13.1. The van der Waals surface area contributed by atoms with Gasteiger partial charge in [-0.15, -0.1) is 0 Å². The highest BCUT2D eigenvalue weighted by Crippen LogP contribution is 2.27. The third kappa shape index (κ3) is 4.42. The van der Waals surface area contributed by atoms with Crippen molar-refractivity contribution < 1.29 is 19.5 Å². The van der Waals surface area contributed by atoms with Gasteiger partial charge >= 0.3 is 12.1 Å². The zero-order valence-electron chi connectivity index (χ0n) is 17.9. The van der Waals surface area contributed by atoms with Crippen molar-refractivity contribution >= 4 is 34.6 Å². The van der Waals surface area contributed by atoms with Crippen molar-refractivity contribution in [3.63, 3.8) is 0 Å². The van der Waals surface area contributed by atoms with Crippen LogP contribution in [0.3, 0.4) is 0 Å². The molecule has 32 heavy (non-hydrogen) atoms. The van der Waals surface area contributed by atoms with E-state index in [-0.39, 0.29) is 24.4 Å². The first kappa shape index (κ1) is 22.1. The molecule has 2 fully saturated rings. The molecular formula is C22H30N6O4. The van der Waals surface area contributed by atoms with Crippen molar-refractivity contribution in [2.45, 2.75) is 50.3 Å². The van der Waals surface area contributed by atoms with Crippen molar-refractivity contribution in [3.05, 3.63) is 30.5 Å². The number of urea groups is 1. The third-order valence-electron chi connectivity index (χ3n) is 6.50. The van der Waals surface area contributed by atoms with E-state index in [0.717, 1.165) is 25.7 Å². The topological polar surface area (TPSA) is 156 Å². The Hall–Kier alpha value is -3.11. The van der Waals surface area contributed by atoms with Crippen LogP contribution >= 0.6 is 0 Å². The van der Waals surface area contributed by atoms with E-state index in [2.05, 4.69) is 10.6 Å². The Morgan fingerprint density at radius 2 is 1.91 bits per heavy atom. The summed E-state index contributed by atoms with van der Waals surface area (Å²) in [4.78, 5) is 39.1. The summed E-state index contributed by atoms with van der Waals surface area (Å²) in [5.74, 6) is -0.240. The second-order valence-electron chi connectivity index (χ2n) is 8.72. The zero-order chi connectivity index (χ0) is 22.8. The number of aromatic nitrogens is 1. The molecule has 4 amide bonds. The summed E-state index contributed by atoms with van der Waals surface area (Å²) >= 11 is 0. The molecular weight excluding hydrogens is 412 g/mol. The van der Waals surface area contributed by atoms with Gasteiger partial charge in [0.15, 0.2) is 0 Å². The summed E-state index contributed by atoms with van der Waals surface area (Å²) < 4.78 is 1.26. The molecule has 0 bridgehead atoms. The van der Waals surface area contributed by atoms with Crippen LogP contribution in [-0.2, 0) is 4.79 Å². The van der Waals surface area contributed by atoms with E-state index in [1.165, 1.54) is 15.7 Å². The Morgan fingerprint density at radius 1 is 1.16 bits per heavy atom. The van der Waals surface area contributed by atoms with E-state index >= 15 is 0 Å². The van der Waals surface area contributed by atoms with E-state index < -0.39 is 24.2 Å². The number of likely N-dealkylation sites (tertiary alicyclic amines) is 1. The van der Waals surface area contributed by atoms with Gasteiger partial charge in [0.2, 0.25) is 5.91 Å². The lowest BCUT2D eigenvalue weighted by Crippen LogP contribution is -2.49. The van der Waals surface area contributed by atoms with Gasteiger partial charge in [-0.2, -0.15) is 0 Å². The predicted molar refractivity (Wildman–Crippen MR) is 120 cm³/mol. The summed E-state index contributed by atoms with van der Waals surface area (Å²) in [7, 11) is 0. The van der Waals surface area contributed by atoms with Crippen molar-refractivity contribution in [2.24, 2.45) is 17.4 Å². The fourth-order valence-electron chi connectivity index (χ4n) is 4.77. The van der Waals surface area contributed by atoms with Crippen molar-refractivity contribution in [3.8, 4) is 0 Å². The molecule has 1 aromatic heterocycles. The van der Waals surface area contributed by atoms with E-state index in [1.807, 2.05) is 0 Å². The SMILES string of the molecule is NC(=O)n1cc(NC(=O)N2C[C@@H](N)C[C@H]2C(=O)NCC2CCCC[C@@H]2O)c2ccccc21. The molecule has 4 rings (SSSR count). The predicted octanol–water partition coefficient (Wildman–Crippen LogP) is 1.17. The van der Waals surface area contributed by atoms with Gasteiger partial charge in [-0.25, -0.2) is 9.59 Å². The largest absolute Gasteiger partial charge is 0.393 e. The normalized spacial score (nSPS) is 25.6. The zero-order valence-corrected chi connectivity index (χ0v) is 17.9. The quantitative estimate of drug-likeness (QED) is 0.480. The minimum Gasteiger partial charge on any atom is -0.393 e. The van der Waals surface area contributed by atoms with Gasteiger partial charge in [-0.05, 0) is 25.3 Å². The number of anilines is 1. The molecule has 1 aromatic carbocycles. The van der Waals surface area contributed by atoms with Crippen LogP contribution in [0, 0.1) is 5.92 Å². The Bertz CT molecular complexity index is 1020. The van der Waals surface area contributed by atoms with Gasteiger partial charge < -0.3 is 32.1 Å². The third-order valence-corrected chi connectivity index (χ3v) is 6.50. The van der Waals surface area contributed by atoms with Crippen LogP contribution < -0.4 is 22.1 Å². The highest BCUT2D eigenvalue weighted by molar-refractivity contribution is 6.05. The number of nitrogens with one attached hydrogen (secondary N) is 2. The lowest BCUT2D eigenvalue weighted by atomic mass is 9.86. The molecule has 0 spiro atoms. The number of nitrogens with two attached hydrogens (primary N) is 2. The number of carbonyl (C=O) groups is 3. The van der Waals surface area contributed by atoms with Crippen molar-refractivity contribution in [2.75, 3.05) is 18.4 Å².